The molecule has 2 rings (SSSR count). The Morgan fingerprint density at radius 2 is 1.88 bits per heavy atom. The van der Waals surface area contributed by atoms with E-state index >= 15 is 0 Å². The van der Waals surface area contributed by atoms with E-state index in [0.717, 1.165) is 11.6 Å². The molecule has 0 radical (unpaired) electrons. The molecule has 0 fully saturated rings. The van der Waals surface area contributed by atoms with Crippen LogP contribution in [-0.2, 0) is 4.79 Å². The summed E-state index contributed by atoms with van der Waals surface area (Å²) in [6, 6.07) is 12.3. The summed E-state index contributed by atoms with van der Waals surface area (Å²) in [4.78, 5) is 33.7. The first-order valence-electron chi connectivity index (χ1n) is 7.16. The Morgan fingerprint density at radius 3 is 2.60 bits per heavy atom. The van der Waals surface area contributed by atoms with E-state index in [4.69, 9.17) is 4.74 Å². The summed E-state index contributed by atoms with van der Waals surface area (Å²) in [6.45, 7) is 0. The van der Waals surface area contributed by atoms with Crippen LogP contribution in [0.2, 0.25) is 0 Å². The van der Waals surface area contributed by atoms with Gasteiger partial charge in [0.25, 0.3) is 17.5 Å². The van der Waals surface area contributed by atoms with Crippen LogP contribution in [0.3, 0.4) is 0 Å². The second kappa shape index (κ2) is 8.25. The van der Waals surface area contributed by atoms with Crippen molar-refractivity contribution in [2.75, 3.05) is 7.11 Å². The lowest BCUT2D eigenvalue weighted by Crippen LogP contribution is -2.40. The van der Waals surface area contributed by atoms with Crippen molar-refractivity contribution >= 4 is 23.6 Å². The number of amides is 2. The standard InChI is InChI=1S/C17H15N3O5/c1-25-15-7-2-4-12(10-15)8-9-16(21)18-19-17(22)13-5-3-6-14(11-13)20(23)24/h2-11H,1H3,(H,18,21)(H,19,22)/b9-8+. The second-order valence-corrected chi connectivity index (χ2v) is 4.86. The summed E-state index contributed by atoms with van der Waals surface area (Å²) < 4.78 is 5.08. The van der Waals surface area contributed by atoms with E-state index in [0.29, 0.717) is 5.75 Å². The van der Waals surface area contributed by atoms with Gasteiger partial charge in [-0.2, -0.15) is 0 Å². The van der Waals surface area contributed by atoms with Gasteiger partial charge in [0.05, 0.1) is 12.0 Å². The largest absolute Gasteiger partial charge is 0.497 e. The van der Waals surface area contributed by atoms with Crippen LogP contribution < -0.4 is 15.6 Å². The van der Waals surface area contributed by atoms with Gasteiger partial charge in [-0.05, 0) is 29.8 Å². The SMILES string of the molecule is COc1cccc(/C=C/C(=O)NNC(=O)c2cccc([N+](=O)[O-])c2)c1. The zero-order chi connectivity index (χ0) is 18.2. The van der Waals surface area contributed by atoms with Gasteiger partial charge in [0, 0.05) is 23.8 Å². The van der Waals surface area contributed by atoms with E-state index in [1.807, 2.05) is 0 Å². The molecule has 0 spiro atoms. The van der Waals surface area contributed by atoms with Crippen molar-refractivity contribution < 1.29 is 19.2 Å². The summed E-state index contributed by atoms with van der Waals surface area (Å²) >= 11 is 0. The summed E-state index contributed by atoms with van der Waals surface area (Å²) in [5.74, 6) is -0.560. The Labute approximate surface area is 143 Å². The van der Waals surface area contributed by atoms with Gasteiger partial charge < -0.3 is 4.74 Å². The van der Waals surface area contributed by atoms with Crippen LogP contribution in [0.5, 0.6) is 5.75 Å². The van der Waals surface area contributed by atoms with Gasteiger partial charge >= 0.3 is 0 Å². The number of nitrogens with one attached hydrogen (secondary N) is 2. The zero-order valence-electron chi connectivity index (χ0n) is 13.3. The summed E-state index contributed by atoms with van der Waals surface area (Å²) in [5.41, 5.74) is 4.99. The molecule has 8 heteroatoms. The minimum absolute atomic E-state index is 0.0614. The van der Waals surface area contributed by atoms with Crippen LogP contribution in [-0.4, -0.2) is 23.8 Å². The monoisotopic (exact) mass is 341 g/mol. The first-order chi connectivity index (χ1) is 12.0. The van der Waals surface area contributed by atoms with Gasteiger partial charge in [-0.1, -0.05) is 18.2 Å². The van der Waals surface area contributed by atoms with Crippen LogP contribution in [0.25, 0.3) is 6.08 Å². The quantitative estimate of drug-likeness (QED) is 0.491. The molecule has 0 heterocycles. The number of non-ortho nitro benzene ring substituents is 1. The van der Waals surface area contributed by atoms with Crippen molar-refractivity contribution in [1.82, 2.24) is 10.9 Å². The number of nitrogens with zero attached hydrogens (tertiary/aromatic N) is 1. The van der Waals surface area contributed by atoms with Crippen LogP contribution in [0.15, 0.2) is 54.6 Å². The fourth-order valence-electron chi connectivity index (χ4n) is 1.91. The fraction of sp³-hybridized carbons (Fsp3) is 0.0588. The molecule has 0 atom stereocenters. The Kier molecular flexibility index (Phi) is 5.83. The number of carbonyl (C=O) groups excluding carboxylic acids is 2. The predicted molar refractivity (Wildman–Crippen MR) is 90.7 cm³/mol. The fourth-order valence-corrected chi connectivity index (χ4v) is 1.91. The maximum atomic E-state index is 11.9. The number of nitro benzene ring substituents is 1. The summed E-state index contributed by atoms with van der Waals surface area (Å²) in [6.07, 6.45) is 2.79. The lowest BCUT2D eigenvalue weighted by molar-refractivity contribution is -0.384. The molecule has 0 saturated heterocycles. The summed E-state index contributed by atoms with van der Waals surface area (Å²) in [5, 5.41) is 10.7. The molecule has 2 aromatic rings. The van der Waals surface area contributed by atoms with Crippen LogP contribution in [0.1, 0.15) is 15.9 Å². The normalized spacial score (nSPS) is 10.3. The van der Waals surface area contributed by atoms with E-state index in [-0.39, 0.29) is 11.3 Å². The molecule has 2 N–H and O–H groups in total. The van der Waals surface area contributed by atoms with Crippen molar-refractivity contribution in [3.8, 4) is 5.75 Å². The van der Waals surface area contributed by atoms with Crippen molar-refractivity contribution in [3.05, 3.63) is 75.8 Å². The molecule has 8 nitrogen and oxygen atoms in total. The first-order valence-corrected chi connectivity index (χ1v) is 7.16. The van der Waals surface area contributed by atoms with Gasteiger partial charge in [0.1, 0.15) is 5.75 Å². The van der Waals surface area contributed by atoms with Crippen LogP contribution >= 0.6 is 0 Å². The van der Waals surface area contributed by atoms with E-state index < -0.39 is 16.7 Å². The number of hydrogen-bond donors (Lipinski definition) is 2. The molecule has 128 valence electrons. The van der Waals surface area contributed by atoms with Crippen LogP contribution in [0, 0.1) is 10.1 Å². The third-order valence-corrected chi connectivity index (χ3v) is 3.14. The minimum atomic E-state index is -0.660. The van der Waals surface area contributed by atoms with Gasteiger partial charge in [0.2, 0.25) is 0 Å². The van der Waals surface area contributed by atoms with Crippen molar-refractivity contribution in [3.63, 3.8) is 0 Å². The Morgan fingerprint density at radius 1 is 1.12 bits per heavy atom. The van der Waals surface area contributed by atoms with Gasteiger partial charge in [-0.25, -0.2) is 0 Å². The molecule has 2 aromatic carbocycles. The molecule has 0 unspecified atom stereocenters. The number of hydrazine groups is 1. The van der Waals surface area contributed by atoms with E-state index in [1.54, 1.807) is 37.5 Å². The highest BCUT2D eigenvalue weighted by Crippen LogP contribution is 2.14. The zero-order valence-corrected chi connectivity index (χ0v) is 13.3. The Balaban J connectivity index is 1.93. The van der Waals surface area contributed by atoms with E-state index in [2.05, 4.69) is 10.9 Å². The van der Waals surface area contributed by atoms with Crippen molar-refractivity contribution in [2.24, 2.45) is 0 Å². The number of hydrogen-bond acceptors (Lipinski definition) is 5. The maximum absolute atomic E-state index is 11.9. The number of carbonyl (C=O) groups is 2. The Hall–Kier alpha value is -3.68. The van der Waals surface area contributed by atoms with E-state index in [9.17, 15) is 19.7 Å². The number of methoxy groups -OCH3 is 1. The molecular weight excluding hydrogens is 326 g/mol. The Bertz CT molecular complexity index is 833. The van der Waals surface area contributed by atoms with Crippen molar-refractivity contribution in [2.45, 2.75) is 0 Å². The number of ether oxygens (including phenoxy) is 1. The van der Waals surface area contributed by atoms with Gasteiger partial charge in [0.15, 0.2) is 0 Å². The molecular formula is C17H15N3O5. The smallest absolute Gasteiger partial charge is 0.270 e. The van der Waals surface area contributed by atoms with E-state index in [1.165, 1.54) is 24.3 Å². The molecule has 0 aliphatic carbocycles. The lowest BCUT2D eigenvalue weighted by Gasteiger charge is -2.05. The molecule has 0 bridgehead atoms. The third kappa shape index (κ3) is 5.17. The number of rotatable bonds is 5. The lowest BCUT2D eigenvalue weighted by atomic mass is 10.2. The highest BCUT2D eigenvalue weighted by atomic mass is 16.6. The highest BCUT2D eigenvalue weighted by Gasteiger charge is 2.11. The highest BCUT2D eigenvalue weighted by molar-refractivity contribution is 5.98. The number of nitro groups is 1. The second-order valence-electron chi connectivity index (χ2n) is 4.86. The van der Waals surface area contributed by atoms with Crippen molar-refractivity contribution in [1.29, 1.82) is 0 Å². The molecule has 0 aromatic heterocycles. The molecule has 0 saturated carbocycles. The summed E-state index contributed by atoms with van der Waals surface area (Å²) in [7, 11) is 1.54. The third-order valence-electron chi connectivity index (χ3n) is 3.14. The average Bonchev–Trinajstić information content (AvgIpc) is 2.64. The molecule has 0 aliphatic rings. The number of benzene rings is 2. The predicted octanol–water partition coefficient (Wildman–Crippen LogP) is 2.08. The minimum Gasteiger partial charge on any atom is -0.497 e. The van der Waals surface area contributed by atoms with Gasteiger partial charge in [-0.15, -0.1) is 0 Å². The van der Waals surface area contributed by atoms with Gasteiger partial charge in [-0.3, -0.25) is 30.6 Å². The first kappa shape index (κ1) is 17.7. The maximum Gasteiger partial charge on any atom is 0.270 e. The molecule has 2 amide bonds. The molecule has 25 heavy (non-hydrogen) atoms. The molecule has 0 aliphatic heterocycles. The topological polar surface area (TPSA) is 111 Å². The van der Waals surface area contributed by atoms with Crippen LogP contribution in [0.4, 0.5) is 5.69 Å². The average molecular weight is 341 g/mol.